The van der Waals surface area contributed by atoms with Gasteiger partial charge in [0.05, 0.1) is 5.39 Å². The fourth-order valence-corrected chi connectivity index (χ4v) is 4.95. The van der Waals surface area contributed by atoms with Crippen LogP contribution in [0.4, 0.5) is 4.39 Å². The summed E-state index contributed by atoms with van der Waals surface area (Å²) in [5.41, 5.74) is 2.48. The van der Waals surface area contributed by atoms with Gasteiger partial charge in [0, 0.05) is 24.3 Å². The Balaban J connectivity index is 1.40. The second kappa shape index (κ2) is 7.83. The normalized spacial score (nSPS) is 13.5. The zero-order valence-electron chi connectivity index (χ0n) is 15.7. The summed E-state index contributed by atoms with van der Waals surface area (Å²) < 4.78 is 13.3. The molecule has 1 aliphatic rings. The SMILES string of the molecule is Cc1cc(CNC(=O)CCc2nc3sc4c(c3c(=O)[nH]2)CCCC4)ccc1F. The third-order valence-corrected chi connectivity index (χ3v) is 6.36. The van der Waals surface area contributed by atoms with Gasteiger partial charge in [0.2, 0.25) is 5.91 Å². The van der Waals surface area contributed by atoms with Crippen molar-refractivity contribution in [3.05, 3.63) is 61.8 Å². The van der Waals surface area contributed by atoms with Crippen molar-refractivity contribution in [2.75, 3.05) is 0 Å². The highest BCUT2D eigenvalue weighted by Gasteiger charge is 2.19. The van der Waals surface area contributed by atoms with Crippen molar-refractivity contribution >= 4 is 27.5 Å². The molecule has 0 aliphatic heterocycles. The fraction of sp³-hybridized carbons (Fsp3) is 0.381. The number of rotatable bonds is 5. The van der Waals surface area contributed by atoms with E-state index in [0.717, 1.165) is 35.0 Å². The first kappa shape index (κ1) is 18.8. The van der Waals surface area contributed by atoms with Crippen LogP contribution in [0.5, 0.6) is 0 Å². The molecule has 5 nitrogen and oxygen atoms in total. The third kappa shape index (κ3) is 3.85. The average molecular weight is 399 g/mol. The summed E-state index contributed by atoms with van der Waals surface area (Å²) >= 11 is 1.61. The second-order valence-electron chi connectivity index (χ2n) is 7.26. The lowest BCUT2D eigenvalue weighted by Gasteiger charge is -2.09. The Labute approximate surface area is 166 Å². The van der Waals surface area contributed by atoms with Gasteiger partial charge in [-0.2, -0.15) is 0 Å². The van der Waals surface area contributed by atoms with Crippen molar-refractivity contribution < 1.29 is 9.18 Å². The van der Waals surface area contributed by atoms with E-state index >= 15 is 0 Å². The summed E-state index contributed by atoms with van der Waals surface area (Å²) in [6.45, 7) is 2.04. The average Bonchev–Trinajstić information content (AvgIpc) is 3.06. The molecule has 1 amide bonds. The molecule has 1 aromatic carbocycles. The number of benzene rings is 1. The van der Waals surface area contributed by atoms with Crippen LogP contribution >= 0.6 is 11.3 Å². The summed E-state index contributed by atoms with van der Waals surface area (Å²) in [4.78, 5) is 34.2. The van der Waals surface area contributed by atoms with Gasteiger partial charge >= 0.3 is 0 Å². The highest BCUT2D eigenvalue weighted by molar-refractivity contribution is 7.18. The van der Waals surface area contributed by atoms with Gasteiger partial charge in [-0.15, -0.1) is 11.3 Å². The number of aromatic nitrogens is 2. The number of amides is 1. The van der Waals surface area contributed by atoms with E-state index in [1.165, 1.54) is 22.9 Å². The minimum atomic E-state index is -0.254. The van der Waals surface area contributed by atoms with E-state index in [1.807, 2.05) is 0 Å². The Bertz CT molecular complexity index is 1100. The van der Waals surface area contributed by atoms with Crippen LogP contribution < -0.4 is 10.9 Å². The second-order valence-corrected chi connectivity index (χ2v) is 8.35. The number of aromatic amines is 1. The van der Waals surface area contributed by atoms with Crippen LogP contribution in [-0.4, -0.2) is 15.9 Å². The predicted molar refractivity (Wildman–Crippen MR) is 108 cm³/mol. The number of halogens is 1. The zero-order valence-corrected chi connectivity index (χ0v) is 16.5. The molecule has 0 saturated carbocycles. The highest BCUT2D eigenvalue weighted by Crippen LogP contribution is 2.33. The van der Waals surface area contributed by atoms with Crippen molar-refractivity contribution in [2.24, 2.45) is 0 Å². The maximum Gasteiger partial charge on any atom is 0.259 e. The first-order chi connectivity index (χ1) is 13.5. The lowest BCUT2D eigenvalue weighted by molar-refractivity contribution is -0.121. The monoisotopic (exact) mass is 399 g/mol. The molecule has 0 saturated heterocycles. The summed E-state index contributed by atoms with van der Waals surface area (Å²) in [6, 6.07) is 4.79. The first-order valence-corrected chi connectivity index (χ1v) is 10.4. The highest BCUT2D eigenvalue weighted by atomic mass is 32.1. The maximum absolute atomic E-state index is 13.3. The molecule has 7 heteroatoms. The van der Waals surface area contributed by atoms with Gasteiger partial charge in [-0.3, -0.25) is 9.59 Å². The van der Waals surface area contributed by atoms with Crippen LogP contribution in [0.15, 0.2) is 23.0 Å². The number of carbonyl (C=O) groups is 1. The zero-order chi connectivity index (χ0) is 19.7. The Hall–Kier alpha value is -2.54. The van der Waals surface area contributed by atoms with E-state index in [4.69, 9.17) is 0 Å². The quantitative estimate of drug-likeness (QED) is 0.689. The molecular weight excluding hydrogens is 377 g/mol. The molecule has 0 fully saturated rings. The molecule has 0 spiro atoms. The summed E-state index contributed by atoms with van der Waals surface area (Å²) in [5.74, 6) is 0.162. The Kier molecular flexibility index (Phi) is 5.26. The van der Waals surface area contributed by atoms with Crippen LogP contribution in [-0.2, 0) is 30.6 Å². The third-order valence-electron chi connectivity index (χ3n) is 5.18. The molecule has 28 heavy (non-hydrogen) atoms. The lowest BCUT2D eigenvalue weighted by atomic mass is 9.97. The minimum Gasteiger partial charge on any atom is -0.352 e. The topological polar surface area (TPSA) is 74.8 Å². The number of nitrogens with one attached hydrogen (secondary N) is 2. The van der Waals surface area contributed by atoms with Gasteiger partial charge in [-0.05, 0) is 55.4 Å². The predicted octanol–water partition coefficient (Wildman–Crippen LogP) is 3.56. The largest absolute Gasteiger partial charge is 0.352 e. The van der Waals surface area contributed by atoms with E-state index in [2.05, 4.69) is 15.3 Å². The molecule has 4 rings (SSSR count). The number of hydrogen-bond donors (Lipinski definition) is 2. The summed E-state index contributed by atoms with van der Waals surface area (Å²) in [5, 5.41) is 3.56. The molecule has 0 unspecified atom stereocenters. The van der Waals surface area contributed by atoms with Gasteiger partial charge in [-0.25, -0.2) is 9.37 Å². The van der Waals surface area contributed by atoms with Crippen LogP contribution in [0.25, 0.3) is 10.2 Å². The van der Waals surface area contributed by atoms with Crippen molar-refractivity contribution in [2.45, 2.75) is 52.0 Å². The van der Waals surface area contributed by atoms with Crippen LogP contribution in [0.3, 0.4) is 0 Å². The van der Waals surface area contributed by atoms with Gasteiger partial charge in [0.25, 0.3) is 5.56 Å². The van der Waals surface area contributed by atoms with Crippen LogP contribution in [0.2, 0.25) is 0 Å². The Morgan fingerprint density at radius 1 is 1.32 bits per heavy atom. The fourth-order valence-electron chi connectivity index (χ4n) is 3.66. The van der Waals surface area contributed by atoms with Gasteiger partial charge in [-0.1, -0.05) is 12.1 Å². The molecule has 1 aliphatic carbocycles. The first-order valence-electron chi connectivity index (χ1n) is 9.56. The Morgan fingerprint density at radius 3 is 2.96 bits per heavy atom. The lowest BCUT2D eigenvalue weighted by Crippen LogP contribution is -2.24. The number of nitrogens with zero attached hydrogens (tertiary/aromatic N) is 1. The van der Waals surface area contributed by atoms with E-state index in [1.54, 1.807) is 30.4 Å². The molecule has 0 bridgehead atoms. The number of H-pyrrole nitrogens is 1. The number of thiophene rings is 1. The number of hydrogen-bond acceptors (Lipinski definition) is 4. The minimum absolute atomic E-state index is 0.0957. The van der Waals surface area contributed by atoms with E-state index < -0.39 is 0 Å². The standard InChI is InChI=1S/C21H22FN3O2S/c1-12-10-13(6-7-15(12)22)11-23-18(26)9-8-17-24-20(27)19-14-4-2-3-5-16(14)28-21(19)25-17/h6-7,10H,2-5,8-9,11H2,1H3,(H,23,26)(H,24,25,27). The number of fused-ring (bicyclic) bond motifs is 3. The van der Waals surface area contributed by atoms with Gasteiger partial charge in [0.15, 0.2) is 0 Å². The molecule has 0 radical (unpaired) electrons. The Morgan fingerprint density at radius 2 is 2.14 bits per heavy atom. The van der Waals surface area contributed by atoms with E-state index in [9.17, 15) is 14.0 Å². The van der Waals surface area contributed by atoms with Crippen molar-refractivity contribution in [1.29, 1.82) is 0 Å². The molecular formula is C21H22FN3O2S. The summed E-state index contributed by atoms with van der Waals surface area (Å²) in [6.07, 6.45) is 4.87. The van der Waals surface area contributed by atoms with Crippen molar-refractivity contribution in [1.82, 2.24) is 15.3 Å². The number of carbonyl (C=O) groups excluding carboxylic acids is 1. The summed E-state index contributed by atoms with van der Waals surface area (Å²) in [7, 11) is 0. The maximum atomic E-state index is 13.3. The van der Waals surface area contributed by atoms with Crippen LogP contribution in [0, 0.1) is 12.7 Å². The van der Waals surface area contributed by atoms with E-state index in [-0.39, 0.29) is 23.7 Å². The smallest absolute Gasteiger partial charge is 0.259 e. The molecule has 2 N–H and O–H groups in total. The van der Waals surface area contributed by atoms with E-state index in [0.29, 0.717) is 24.4 Å². The molecule has 3 aromatic rings. The van der Waals surface area contributed by atoms with Gasteiger partial charge in [0.1, 0.15) is 16.5 Å². The van der Waals surface area contributed by atoms with Crippen molar-refractivity contribution in [3.8, 4) is 0 Å². The molecule has 146 valence electrons. The molecule has 2 heterocycles. The number of aryl methyl sites for hydroxylation is 4. The molecule has 0 atom stereocenters. The molecule has 2 aromatic heterocycles. The van der Waals surface area contributed by atoms with Crippen LogP contribution in [0.1, 0.15) is 46.7 Å². The van der Waals surface area contributed by atoms with Gasteiger partial charge < -0.3 is 10.3 Å². The van der Waals surface area contributed by atoms with Crippen molar-refractivity contribution in [3.63, 3.8) is 0 Å².